The number of cyclic esters (lactones) is 1. The summed E-state index contributed by atoms with van der Waals surface area (Å²) in [5.74, 6) is 0.100. The van der Waals surface area contributed by atoms with Crippen molar-refractivity contribution in [3.05, 3.63) is 54.1 Å². The highest BCUT2D eigenvalue weighted by molar-refractivity contribution is 5.71. The first kappa shape index (κ1) is 19.7. The van der Waals surface area contributed by atoms with Gasteiger partial charge in [-0.05, 0) is 43.2 Å². The predicted octanol–water partition coefficient (Wildman–Crippen LogP) is 3.83. The van der Waals surface area contributed by atoms with Crippen molar-refractivity contribution in [2.45, 2.75) is 32.4 Å². The van der Waals surface area contributed by atoms with Crippen LogP contribution in [-0.4, -0.2) is 38.0 Å². The van der Waals surface area contributed by atoms with E-state index in [9.17, 15) is 13.6 Å². The number of benzene rings is 1. The zero-order chi connectivity index (χ0) is 21.3. The molecule has 0 bridgehead atoms. The third-order valence-corrected chi connectivity index (χ3v) is 4.64. The number of alkyl carbamates (subject to hydrolysis) is 1. The number of ether oxygens (including phenoxy) is 1. The molecule has 10 heteroatoms. The summed E-state index contributed by atoms with van der Waals surface area (Å²) in [6, 6.07) is 6.91. The second kappa shape index (κ2) is 7.69. The van der Waals surface area contributed by atoms with Crippen LogP contribution in [0.5, 0.6) is 0 Å². The van der Waals surface area contributed by atoms with Gasteiger partial charge in [-0.25, -0.2) is 23.5 Å². The Bertz CT molecular complexity index is 1090. The van der Waals surface area contributed by atoms with E-state index in [1.54, 1.807) is 10.9 Å². The molecule has 156 valence electrons. The normalized spacial score (nSPS) is 18.4. The molecule has 3 aromatic rings. The third-order valence-electron chi connectivity index (χ3n) is 4.64. The average Bonchev–Trinajstić information content (AvgIpc) is 3.27. The van der Waals surface area contributed by atoms with Crippen LogP contribution in [0.4, 0.5) is 25.2 Å². The van der Waals surface area contributed by atoms with E-state index >= 15 is 0 Å². The lowest BCUT2D eigenvalue weighted by molar-refractivity contribution is 0.0550. The summed E-state index contributed by atoms with van der Waals surface area (Å²) in [5, 5.41) is 10.00. The molecular weight excluding hydrogens is 394 g/mol. The highest BCUT2D eigenvalue weighted by Crippen LogP contribution is 2.27. The number of hydrogen-bond acceptors (Lipinski definition) is 6. The molecule has 30 heavy (non-hydrogen) atoms. The second-order valence-corrected chi connectivity index (χ2v) is 7.44. The Labute approximate surface area is 171 Å². The minimum atomic E-state index is -2.66. The molecule has 1 atom stereocenters. The van der Waals surface area contributed by atoms with Gasteiger partial charge in [0.1, 0.15) is 11.3 Å². The summed E-state index contributed by atoms with van der Waals surface area (Å²) in [6.07, 6.45) is 1.79. The topological polar surface area (TPSA) is 94.0 Å². The lowest BCUT2D eigenvalue weighted by atomic mass is 10.1. The predicted molar refractivity (Wildman–Crippen MR) is 106 cm³/mol. The first-order valence-corrected chi connectivity index (χ1v) is 9.29. The van der Waals surface area contributed by atoms with Gasteiger partial charge in [0.15, 0.2) is 0 Å². The summed E-state index contributed by atoms with van der Waals surface area (Å²) in [6.45, 7) is 4.60. The second-order valence-electron chi connectivity index (χ2n) is 7.44. The zero-order valence-electron chi connectivity index (χ0n) is 16.4. The van der Waals surface area contributed by atoms with Crippen molar-refractivity contribution in [3.63, 3.8) is 0 Å². The number of amides is 1. The summed E-state index contributed by atoms with van der Waals surface area (Å²) in [4.78, 5) is 19.2. The SMILES string of the molecule is Cc1cc(Nc2nccc(C(F)F)n2)cc(-c2cnn(C[C@]3(C)CNC(=O)O3)c2)c1. The molecule has 1 aromatic carbocycles. The van der Waals surface area contributed by atoms with Gasteiger partial charge in [0.05, 0.1) is 19.3 Å². The highest BCUT2D eigenvalue weighted by Gasteiger charge is 2.36. The number of aromatic nitrogens is 4. The van der Waals surface area contributed by atoms with Crippen molar-refractivity contribution >= 4 is 17.7 Å². The summed E-state index contributed by atoms with van der Waals surface area (Å²) in [7, 11) is 0. The van der Waals surface area contributed by atoms with Crippen LogP contribution < -0.4 is 10.6 Å². The molecule has 0 radical (unpaired) electrons. The molecule has 1 aliphatic rings. The smallest absolute Gasteiger partial charge is 0.407 e. The minimum absolute atomic E-state index is 0.100. The van der Waals surface area contributed by atoms with E-state index in [1.807, 2.05) is 38.2 Å². The number of anilines is 2. The van der Waals surface area contributed by atoms with Crippen LogP contribution >= 0.6 is 0 Å². The molecule has 0 unspecified atom stereocenters. The maximum Gasteiger partial charge on any atom is 0.407 e. The monoisotopic (exact) mass is 414 g/mol. The maximum atomic E-state index is 12.9. The Morgan fingerprint density at radius 2 is 2.17 bits per heavy atom. The lowest BCUT2D eigenvalue weighted by Crippen LogP contribution is -2.34. The molecule has 2 aromatic heterocycles. The van der Waals surface area contributed by atoms with Crippen molar-refractivity contribution in [3.8, 4) is 11.1 Å². The Morgan fingerprint density at radius 3 is 2.90 bits per heavy atom. The van der Waals surface area contributed by atoms with Gasteiger partial charge in [-0.3, -0.25) is 4.68 Å². The van der Waals surface area contributed by atoms with Crippen LogP contribution in [0.3, 0.4) is 0 Å². The van der Waals surface area contributed by atoms with Gasteiger partial charge >= 0.3 is 6.09 Å². The van der Waals surface area contributed by atoms with Gasteiger partial charge in [0.2, 0.25) is 5.95 Å². The first-order chi connectivity index (χ1) is 14.3. The number of hydrogen-bond donors (Lipinski definition) is 2. The molecule has 0 aliphatic carbocycles. The van der Waals surface area contributed by atoms with Crippen LogP contribution in [-0.2, 0) is 11.3 Å². The quantitative estimate of drug-likeness (QED) is 0.637. The number of rotatable bonds is 6. The van der Waals surface area contributed by atoms with Crippen molar-refractivity contribution in [1.82, 2.24) is 25.1 Å². The van der Waals surface area contributed by atoms with Gasteiger partial charge in [-0.15, -0.1) is 0 Å². The molecule has 1 aliphatic heterocycles. The fraction of sp³-hybridized carbons (Fsp3) is 0.300. The Balaban J connectivity index is 1.54. The van der Waals surface area contributed by atoms with Gasteiger partial charge in [0.25, 0.3) is 6.43 Å². The molecule has 2 N–H and O–H groups in total. The lowest BCUT2D eigenvalue weighted by Gasteiger charge is -2.20. The first-order valence-electron chi connectivity index (χ1n) is 9.29. The number of nitrogens with one attached hydrogen (secondary N) is 2. The number of nitrogens with zero attached hydrogens (tertiary/aromatic N) is 4. The van der Waals surface area contributed by atoms with E-state index in [2.05, 4.69) is 25.7 Å². The number of alkyl halides is 2. The molecular formula is C20H20F2N6O2. The van der Waals surface area contributed by atoms with E-state index in [4.69, 9.17) is 4.74 Å². The molecule has 1 fully saturated rings. The van der Waals surface area contributed by atoms with Crippen LogP contribution in [0.25, 0.3) is 11.1 Å². The fourth-order valence-corrected chi connectivity index (χ4v) is 3.29. The fourth-order valence-electron chi connectivity index (χ4n) is 3.29. The maximum absolute atomic E-state index is 12.9. The summed E-state index contributed by atoms with van der Waals surface area (Å²) in [5.41, 5.74) is 2.40. The van der Waals surface area contributed by atoms with E-state index in [0.29, 0.717) is 18.8 Å². The molecule has 0 spiro atoms. The number of carbonyl (C=O) groups excluding carboxylic acids is 1. The minimum Gasteiger partial charge on any atom is -0.439 e. The van der Waals surface area contributed by atoms with Crippen LogP contribution in [0.2, 0.25) is 0 Å². The zero-order valence-corrected chi connectivity index (χ0v) is 16.4. The van der Waals surface area contributed by atoms with Gasteiger partial charge in [0, 0.05) is 23.6 Å². The molecule has 3 heterocycles. The van der Waals surface area contributed by atoms with E-state index in [1.165, 1.54) is 12.3 Å². The van der Waals surface area contributed by atoms with Crippen molar-refractivity contribution in [1.29, 1.82) is 0 Å². The van der Waals surface area contributed by atoms with Crippen LogP contribution in [0, 0.1) is 6.92 Å². The molecule has 1 saturated heterocycles. The summed E-state index contributed by atoms with van der Waals surface area (Å²) < 4.78 is 32.8. The van der Waals surface area contributed by atoms with E-state index in [0.717, 1.165) is 16.7 Å². The van der Waals surface area contributed by atoms with Crippen LogP contribution in [0.1, 0.15) is 24.6 Å². The molecule has 1 amide bonds. The standard InChI is InChI=1S/C20H20F2N6O2/c1-12-5-13(7-15(6-12)26-18-23-4-3-16(27-18)17(21)22)14-8-25-28(9-14)11-20(2)10-24-19(29)30-20/h3-9,17H,10-11H2,1-2H3,(H,24,29)(H,23,26,27)/t20-/m0/s1. The number of carbonyl (C=O) groups is 1. The number of halogens is 2. The van der Waals surface area contributed by atoms with E-state index < -0.39 is 18.1 Å². The number of aryl methyl sites for hydroxylation is 1. The Hall–Kier alpha value is -3.56. The van der Waals surface area contributed by atoms with Gasteiger partial charge in [-0.2, -0.15) is 5.10 Å². The van der Waals surface area contributed by atoms with Crippen molar-refractivity contribution in [2.75, 3.05) is 11.9 Å². The van der Waals surface area contributed by atoms with Gasteiger partial charge in [-0.1, -0.05) is 6.07 Å². The Morgan fingerprint density at radius 1 is 1.33 bits per heavy atom. The molecule has 4 rings (SSSR count). The largest absolute Gasteiger partial charge is 0.439 e. The molecule has 8 nitrogen and oxygen atoms in total. The van der Waals surface area contributed by atoms with Crippen molar-refractivity contribution in [2.24, 2.45) is 0 Å². The third kappa shape index (κ3) is 4.37. The van der Waals surface area contributed by atoms with Crippen molar-refractivity contribution < 1.29 is 18.3 Å². The average molecular weight is 414 g/mol. The van der Waals surface area contributed by atoms with Gasteiger partial charge < -0.3 is 15.4 Å². The molecule has 0 saturated carbocycles. The summed E-state index contributed by atoms with van der Waals surface area (Å²) >= 11 is 0. The van der Waals surface area contributed by atoms with Crippen LogP contribution in [0.15, 0.2) is 42.9 Å². The van der Waals surface area contributed by atoms with E-state index in [-0.39, 0.29) is 11.6 Å². The highest BCUT2D eigenvalue weighted by atomic mass is 19.3. The Kier molecular flexibility index (Phi) is 5.06.